The molecular weight excluding hydrogens is 389 g/mol. The number of alkyl halides is 3. The Balaban J connectivity index is 1.68. The van der Waals surface area contributed by atoms with Gasteiger partial charge in [0.05, 0.1) is 19.2 Å². The second-order valence-electron chi connectivity index (χ2n) is 6.17. The van der Waals surface area contributed by atoms with E-state index in [-0.39, 0.29) is 17.9 Å². The Kier molecular flexibility index (Phi) is 4.53. The lowest BCUT2D eigenvalue weighted by Gasteiger charge is -2.07. The fraction of sp³-hybridized carbons (Fsp3) is 0.158. The molecule has 0 N–H and O–H groups in total. The van der Waals surface area contributed by atoms with Crippen molar-refractivity contribution in [2.45, 2.75) is 12.7 Å². The predicted molar refractivity (Wildman–Crippen MR) is 96.4 cm³/mol. The molecule has 4 aromatic rings. The normalized spacial score (nSPS) is 11.7. The number of methoxy groups -OCH3 is 1. The fourth-order valence-corrected chi connectivity index (χ4v) is 2.88. The molecule has 2 heterocycles. The van der Waals surface area contributed by atoms with Gasteiger partial charge in [-0.3, -0.25) is 0 Å². The third-order valence-corrected chi connectivity index (χ3v) is 4.25. The Morgan fingerprint density at radius 2 is 1.97 bits per heavy atom. The summed E-state index contributed by atoms with van der Waals surface area (Å²) in [7, 11) is 1.50. The zero-order chi connectivity index (χ0) is 20.6. The Bertz CT molecular complexity index is 1250. The van der Waals surface area contributed by atoms with Crippen LogP contribution in [0.4, 0.5) is 13.2 Å². The van der Waals surface area contributed by atoms with Gasteiger partial charge in [0.2, 0.25) is 5.82 Å². The van der Waals surface area contributed by atoms with E-state index < -0.39 is 17.4 Å². The minimum atomic E-state index is -4.47. The highest BCUT2D eigenvalue weighted by atomic mass is 19.4. The Hall–Kier alpha value is -3.69. The van der Waals surface area contributed by atoms with Gasteiger partial charge in [-0.05, 0) is 35.0 Å². The van der Waals surface area contributed by atoms with Crippen LogP contribution in [0, 0.1) is 0 Å². The van der Waals surface area contributed by atoms with Crippen LogP contribution in [0.25, 0.3) is 22.4 Å². The molecule has 0 unspecified atom stereocenters. The van der Waals surface area contributed by atoms with Crippen LogP contribution >= 0.6 is 0 Å². The lowest BCUT2D eigenvalue weighted by Crippen LogP contribution is -2.08. The maximum absolute atomic E-state index is 12.9. The van der Waals surface area contributed by atoms with Crippen molar-refractivity contribution in [1.29, 1.82) is 0 Å². The van der Waals surface area contributed by atoms with Gasteiger partial charge in [-0.2, -0.15) is 18.0 Å². The van der Waals surface area contributed by atoms with Crippen molar-refractivity contribution < 1.29 is 22.3 Å². The first-order valence-corrected chi connectivity index (χ1v) is 8.40. The first kappa shape index (κ1) is 18.7. The smallest absolute Gasteiger partial charge is 0.416 e. The molecule has 0 fully saturated rings. The van der Waals surface area contributed by atoms with Gasteiger partial charge in [0.25, 0.3) is 0 Å². The van der Waals surface area contributed by atoms with E-state index in [2.05, 4.69) is 15.4 Å². The summed E-state index contributed by atoms with van der Waals surface area (Å²) in [4.78, 5) is 13.1. The second kappa shape index (κ2) is 7.04. The molecule has 2 aromatic heterocycles. The Morgan fingerprint density at radius 1 is 1.14 bits per heavy atom. The van der Waals surface area contributed by atoms with Crippen LogP contribution in [-0.4, -0.2) is 27.3 Å². The maximum Gasteiger partial charge on any atom is 0.416 e. The van der Waals surface area contributed by atoms with Crippen LogP contribution in [0.5, 0.6) is 5.75 Å². The van der Waals surface area contributed by atoms with E-state index in [0.717, 1.165) is 12.1 Å². The lowest BCUT2D eigenvalue weighted by atomic mass is 10.1. The van der Waals surface area contributed by atoms with Crippen molar-refractivity contribution in [2.24, 2.45) is 0 Å². The molecule has 4 rings (SSSR count). The zero-order valence-electron chi connectivity index (χ0n) is 15.0. The summed E-state index contributed by atoms with van der Waals surface area (Å²) in [6, 6.07) is 11.0. The molecule has 0 atom stereocenters. The minimum absolute atomic E-state index is 0.0463. The third kappa shape index (κ3) is 3.82. The molecule has 0 aliphatic carbocycles. The highest BCUT2D eigenvalue weighted by Gasteiger charge is 2.30. The SMILES string of the molecule is COc1ccc2c(Cn3nnc(-c4cccc(C(F)(F)F)c4)n3)cc(=O)oc2c1. The lowest BCUT2D eigenvalue weighted by molar-refractivity contribution is -0.137. The number of benzene rings is 2. The van der Waals surface area contributed by atoms with Gasteiger partial charge in [-0.25, -0.2) is 4.79 Å². The number of halogens is 3. The van der Waals surface area contributed by atoms with E-state index in [1.54, 1.807) is 18.2 Å². The second-order valence-corrected chi connectivity index (χ2v) is 6.17. The molecule has 7 nitrogen and oxygen atoms in total. The van der Waals surface area contributed by atoms with Gasteiger partial charge < -0.3 is 9.15 Å². The van der Waals surface area contributed by atoms with E-state index in [4.69, 9.17) is 9.15 Å². The molecule has 0 saturated carbocycles. The molecule has 0 amide bonds. The van der Waals surface area contributed by atoms with Crippen LogP contribution in [0.2, 0.25) is 0 Å². The van der Waals surface area contributed by atoms with Gasteiger partial charge >= 0.3 is 11.8 Å². The van der Waals surface area contributed by atoms with E-state index in [1.165, 1.54) is 30.1 Å². The number of rotatable bonds is 4. The van der Waals surface area contributed by atoms with Gasteiger partial charge in [-0.1, -0.05) is 12.1 Å². The molecule has 10 heteroatoms. The van der Waals surface area contributed by atoms with Gasteiger partial charge in [-0.15, -0.1) is 10.2 Å². The summed E-state index contributed by atoms with van der Waals surface area (Å²) in [5, 5.41) is 12.5. The van der Waals surface area contributed by atoms with Gasteiger partial charge in [0, 0.05) is 23.1 Å². The number of tetrazole rings is 1. The quantitative estimate of drug-likeness (QED) is 0.486. The summed E-state index contributed by atoms with van der Waals surface area (Å²) < 4.78 is 49.0. The molecule has 2 aromatic carbocycles. The van der Waals surface area contributed by atoms with Crippen molar-refractivity contribution in [3.8, 4) is 17.1 Å². The number of nitrogens with zero attached hydrogens (tertiary/aromatic N) is 4. The van der Waals surface area contributed by atoms with E-state index in [1.807, 2.05) is 0 Å². The van der Waals surface area contributed by atoms with Crippen molar-refractivity contribution in [1.82, 2.24) is 20.2 Å². The number of fused-ring (bicyclic) bond motifs is 1. The van der Waals surface area contributed by atoms with Crippen molar-refractivity contribution in [3.05, 3.63) is 70.1 Å². The van der Waals surface area contributed by atoms with Crippen LogP contribution in [0.3, 0.4) is 0 Å². The number of hydrogen-bond acceptors (Lipinski definition) is 6. The largest absolute Gasteiger partial charge is 0.497 e. The number of ether oxygens (including phenoxy) is 1. The topological polar surface area (TPSA) is 83.0 Å². The van der Waals surface area contributed by atoms with Gasteiger partial charge in [0.1, 0.15) is 11.3 Å². The van der Waals surface area contributed by atoms with Crippen molar-refractivity contribution in [3.63, 3.8) is 0 Å². The summed E-state index contributed by atoms with van der Waals surface area (Å²) >= 11 is 0. The average molecular weight is 402 g/mol. The Morgan fingerprint density at radius 3 is 2.72 bits per heavy atom. The zero-order valence-corrected chi connectivity index (χ0v) is 15.0. The number of aromatic nitrogens is 4. The van der Waals surface area contributed by atoms with Crippen LogP contribution in [-0.2, 0) is 12.7 Å². The predicted octanol–water partition coefficient (Wildman–Crippen LogP) is 3.52. The van der Waals surface area contributed by atoms with Crippen LogP contribution < -0.4 is 10.4 Å². The molecule has 148 valence electrons. The third-order valence-electron chi connectivity index (χ3n) is 4.25. The van der Waals surface area contributed by atoms with Crippen molar-refractivity contribution >= 4 is 11.0 Å². The standard InChI is InChI=1S/C19H13F3N4O3/c1-28-14-5-6-15-12(8-17(27)29-16(15)9-14)10-26-24-18(23-25-26)11-3-2-4-13(7-11)19(20,21)22/h2-9H,10H2,1H3. The van der Waals surface area contributed by atoms with E-state index in [0.29, 0.717) is 22.3 Å². The average Bonchev–Trinajstić information content (AvgIpc) is 3.15. The Labute approximate surface area is 161 Å². The molecular formula is C19H13F3N4O3. The summed E-state index contributed by atoms with van der Waals surface area (Å²) in [6.07, 6.45) is -4.47. The summed E-state index contributed by atoms with van der Waals surface area (Å²) in [6.45, 7) is 0.0837. The maximum atomic E-state index is 12.9. The fourth-order valence-electron chi connectivity index (χ4n) is 2.88. The molecule has 0 aliphatic rings. The van der Waals surface area contributed by atoms with E-state index >= 15 is 0 Å². The first-order valence-electron chi connectivity index (χ1n) is 8.40. The molecule has 0 radical (unpaired) electrons. The van der Waals surface area contributed by atoms with E-state index in [9.17, 15) is 18.0 Å². The highest BCUT2D eigenvalue weighted by Crippen LogP contribution is 2.31. The minimum Gasteiger partial charge on any atom is -0.497 e. The van der Waals surface area contributed by atoms with Crippen LogP contribution in [0.1, 0.15) is 11.1 Å². The number of hydrogen-bond donors (Lipinski definition) is 0. The van der Waals surface area contributed by atoms with Crippen molar-refractivity contribution in [2.75, 3.05) is 7.11 Å². The molecule has 0 saturated heterocycles. The summed E-state index contributed by atoms with van der Waals surface area (Å²) in [5.41, 5.74) is -0.254. The molecule has 29 heavy (non-hydrogen) atoms. The van der Waals surface area contributed by atoms with Gasteiger partial charge in [0.15, 0.2) is 0 Å². The van der Waals surface area contributed by atoms with Crippen LogP contribution in [0.15, 0.2) is 57.7 Å². The summed E-state index contributed by atoms with van der Waals surface area (Å²) in [5.74, 6) is 0.577. The molecule has 0 spiro atoms. The molecule has 0 bridgehead atoms. The molecule has 0 aliphatic heterocycles. The highest BCUT2D eigenvalue weighted by molar-refractivity contribution is 5.81. The first-order chi connectivity index (χ1) is 13.8. The monoisotopic (exact) mass is 402 g/mol.